The molecule has 8 nitrogen and oxygen atoms in total. The predicted octanol–water partition coefficient (Wildman–Crippen LogP) is 3.12. The summed E-state index contributed by atoms with van der Waals surface area (Å²) in [6.07, 6.45) is 3.23. The van der Waals surface area contributed by atoms with Crippen LogP contribution in [0.1, 0.15) is 5.69 Å². The molecule has 3 aromatic heterocycles. The fraction of sp³-hybridized carbons (Fsp3) is 0.263. The lowest BCUT2D eigenvalue weighted by atomic mass is 10.2. The fourth-order valence-electron chi connectivity index (χ4n) is 2.50. The van der Waals surface area contributed by atoms with Crippen LogP contribution >= 0.6 is 11.6 Å². The number of aliphatic hydroxyl groups excluding tert-OH is 1. The summed E-state index contributed by atoms with van der Waals surface area (Å²) in [6, 6.07) is 6.98. The van der Waals surface area contributed by atoms with Gasteiger partial charge in [0.2, 0.25) is 11.8 Å². The Kier molecular flexibility index (Phi) is 6.23. The van der Waals surface area contributed by atoms with Crippen LogP contribution < -0.4 is 14.4 Å². The molecule has 0 aliphatic rings. The molecule has 0 aliphatic heterocycles. The van der Waals surface area contributed by atoms with E-state index in [9.17, 15) is 0 Å². The molecular formula is C19H20ClN5O3. The number of methoxy groups -OCH3 is 1. The van der Waals surface area contributed by atoms with E-state index in [2.05, 4.69) is 19.9 Å². The van der Waals surface area contributed by atoms with Gasteiger partial charge in [-0.2, -0.15) is 4.98 Å². The minimum absolute atomic E-state index is 0.00876. The number of ether oxygens (including phenoxy) is 2. The van der Waals surface area contributed by atoms with E-state index in [4.69, 9.17) is 26.2 Å². The van der Waals surface area contributed by atoms with Gasteiger partial charge in [-0.25, -0.2) is 15.0 Å². The van der Waals surface area contributed by atoms with Gasteiger partial charge >= 0.3 is 0 Å². The van der Waals surface area contributed by atoms with Gasteiger partial charge in [0.15, 0.2) is 0 Å². The number of likely N-dealkylation sites (N-methyl/N-ethyl adjacent to an activating group) is 1. The van der Waals surface area contributed by atoms with E-state index in [1.165, 1.54) is 0 Å². The van der Waals surface area contributed by atoms with E-state index in [1.54, 1.807) is 43.6 Å². The third-order valence-electron chi connectivity index (χ3n) is 3.95. The largest absolute Gasteiger partial charge is 0.480 e. The summed E-state index contributed by atoms with van der Waals surface area (Å²) in [7, 11) is 3.34. The topological polar surface area (TPSA) is 93.5 Å². The average molecular weight is 402 g/mol. The average Bonchev–Trinajstić information content (AvgIpc) is 2.69. The lowest BCUT2D eigenvalue weighted by Gasteiger charge is -2.17. The molecule has 0 aliphatic carbocycles. The van der Waals surface area contributed by atoms with Crippen molar-refractivity contribution in [2.24, 2.45) is 0 Å². The number of halogens is 1. The number of aryl methyl sites for hydroxylation is 1. The number of pyridine rings is 2. The van der Waals surface area contributed by atoms with E-state index in [-0.39, 0.29) is 6.61 Å². The maximum atomic E-state index is 9.07. The molecule has 3 aromatic rings. The normalized spacial score (nSPS) is 10.6. The first-order valence-electron chi connectivity index (χ1n) is 8.52. The molecule has 3 heterocycles. The Labute approximate surface area is 167 Å². The van der Waals surface area contributed by atoms with Crippen LogP contribution in [-0.4, -0.2) is 52.4 Å². The summed E-state index contributed by atoms with van der Waals surface area (Å²) in [5, 5.41) is 9.43. The first-order valence-corrected chi connectivity index (χ1v) is 8.90. The Morgan fingerprint density at radius 3 is 2.68 bits per heavy atom. The number of hydrogen-bond acceptors (Lipinski definition) is 8. The number of nitrogens with zero attached hydrogens (tertiary/aromatic N) is 5. The van der Waals surface area contributed by atoms with Crippen molar-refractivity contribution in [2.75, 3.05) is 32.2 Å². The van der Waals surface area contributed by atoms with Gasteiger partial charge in [-0.05, 0) is 25.1 Å². The highest BCUT2D eigenvalue weighted by molar-refractivity contribution is 6.29. The lowest BCUT2D eigenvalue weighted by molar-refractivity contribution is 0.303. The smallest absolute Gasteiger partial charge is 0.228 e. The summed E-state index contributed by atoms with van der Waals surface area (Å²) in [5.74, 6) is 2.04. The van der Waals surface area contributed by atoms with Gasteiger partial charge in [-0.3, -0.25) is 0 Å². The van der Waals surface area contributed by atoms with Crippen LogP contribution in [0.3, 0.4) is 0 Å². The summed E-state index contributed by atoms with van der Waals surface area (Å²) in [6.45, 7) is 2.28. The molecule has 0 amide bonds. The third-order valence-corrected chi connectivity index (χ3v) is 4.16. The molecule has 146 valence electrons. The highest BCUT2D eigenvalue weighted by Gasteiger charge is 2.15. The highest BCUT2D eigenvalue weighted by atomic mass is 35.5. The van der Waals surface area contributed by atoms with E-state index >= 15 is 0 Å². The summed E-state index contributed by atoms with van der Waals surface area (Å²) in [4.78, 5) is 19.0. The predicted molar refractivity (Wildman–Crippen MR) is 106 cm³/mol. The van der Waals surface area contributed by atoms with Gasteiger partial charge in [-0.1, -0.05) is 11.6 Å². The van der Waals surface area contributed by atoms with Crippen molar-refractivity contribution in [1.82, 2.24) is 19.9 Å². The van der Waals surface area contributed by atoms with Crippen LogP contribution in [0.25, 0.3) is 11.3 Å². The Morgan fingerprint density at radius 2 is 2.00 bits per heavy atom. The quantitative estimate of drug-likeness (QED) is 0.603. The number of rotatable bonds is 7. The molecule has 0 saturated heterocycles. The van der Waals surface area contributed by atoms with Gasteiger partial charge in [0.25, 0.3) is 0 Å². The lowest BCUT2D eigenvalue weighted by Crippen LogP contribution is -2.23. The number of hydrogen-bond donors (Lipinski definition) is 1. The molecule has 9 heteroatoms. The van der Waals surface area contributed by atoms with Crippen molar-refractivity contribution < 1.29 is 14.6 Å². The molecule has 0 fully saturated rings. The van der Waals surface area contributed by atoms with Crippen molar-refractivity contribution >= 4 is 17.5 Å². The molecule has 0 aromatic carbocycles. The van der Waals surface area contributed by atoms with Crippen molar-refractivity contribution in [3.05, 3.63) is 47.5 Å². The van der Waals surface area contributed by atoms with Crippen molar-refractivity contribution in [3.63, 3.8) is 0 Å². The zero-order valence-corrected chi connectivity index (χ0v) is 16.5. The van der Waals surface area contributed by atoms with Gasteiger partial charge in [0.1, 0.15) is 16.7 Å². The summed E-state index contributed by atoms with van der Waals surface area (Å²) < 4.78 is 11.2. The minimum Gasteiger partial charge on any atom is -0.480 e. The van der Waals surface area contributed by atoms with E-state index in [0.29, 0.717) is 52.0 Å². The van der Waals surface area contributed by atoms with Crippen molar-refractivity contribution in [3.8, 4) is 28.6 Å². The van der Waals surface area contributed by atoms with Crippen molar-refractivity contribution in [2.45, 2.75) is 6.92 Å². The third kappa shape index (κ3) is 4.47. The van der Waals surface area contributed by atoms with Crippen LogP contribution in [0.2, 0.25) is 5.15 Å². The summed E-state index contributed by atoms with van der Waals surface area (Å²) in [5.41, 5.74) is 2.00. The zero-order chi connectivity index (χ0) is 20.1. The molecule has 0 radical (unpaired) electrons. The molecule has 0 atom stereocenters. The second-order valence-electron chi connectivity index (χ2n) is 5.93. The first-order chi connectivity index (χ1) is 13.5. The van der Waals surface area contributed by atoms with Crippen LogP contribution in [0.5, 0.6) is 17.4 Å². The van der Waals surface area contributed by atoms with Crippen LogP contribution in [0.4, 0.5) is 5.95 Å². The van der Waals surface area contributed by atoms with Crippen molar-refractivity contribution in [1.29, 1.82) is 0 Å². The molecule has 0 unspecified atom stereocenters. The molecular weight excluding hydrogens is 382 g/mol. The van der Waals surface area contributed by atoms with E-state index in [1.807, 2.05) is 19.1 Å². The number of anilines is 1. The van der Waals surface area contributed by atoms with Crippen LogP contribution in [-0.2, 0) is 0 Å². The molecule has 0 saturated carbocycles. The van der Waals surface area contributed by atoms with E-state index < -0.39 is 0 Å². The van der Waals surface area contributed by atoms with Gasteiger partial charge in [-0.15, -0.1) is 0 Å². The van der Waals surface area contributed by atoms with E-state index in [0.717, 1.165) is 0 Å². The summed E-state index contributed by atoms with van der Waals surface area (Å²) >= 11 is 5.89. The number of aromatic nitrogens is 4. The Hall–Kier alpha value is -2.97. The Balaban J connectivity index is 1.88. The second-order valence-corrected chi connectivity index (χ2v) is 6.32. The zero-order valence-electron chi connectivity index (χ0n) is 15.8. The monoisotopic (exact) mass is 401 g/mol. The molecule has 28 heavy (non-hydrogen) atoms. The highest BCUT2D eigenvalue weighted by Crippen LogP contribution is 2.31. The fourth-order valence-corrected chi connectivity index (χ4v) is 2.67. The second kappa shape index (κ2) is 8.81. The minimum atomic E-state index is 0.00876. The van der Waals surface area contributed by atoms with Gasteiger partial charge < -0.3 is 19.5 Å². The Morgan fingerprint density at radius 1 is 1.18 bits per heavy atom. The Bertz CT molecular complexity index is 970. The molecule has 0 spiro atoms. The molecule has 3 rings (SSSR count). The first kappa shape index (κ1) is 19.8. The maximum Gasteiger partial charge on any atom is 0.228 e. The van der Waals surface area contributed by atoms with Crippen LogP contribution in [0.15, 0.2) is 36.7 Å². The SMILES string of the molecule is COc1nc(N(C)CCO)ncc1-c1ccc(Oc2ccnc(Cl)c2)c(C)n1. The maximum absolute atomic E-state index is 9.07. The van der Waals surface area contributed by atoms with Gasteiger partial charge in [0, 0.05) is 32.1 Å². The standard InChI is InChI=1S/C19H20ClN5O3/c1-12-16(28-13-6-7-21-17(20)10-13)5-4-15(23-12)14-11-22-19(24-18(14)27-3)25(2)8-9-26/h4-7,10-11,26H,8-9H2,1-3H3. The molecule has 1 N–H and O–H groups in total. The number of aliphatic hydroxyl groups is 1. The van der Waals surface area contributed by atoms with Gasteiger partial charge in [0.05, 0.1) is 30.7 Å². The van der Waals surface area contributed by atoms with Crippen LogP contribution in [0, 0.1) is 6.92 Å². The molecule has 0 bridgehead atoms.